The first-order chi connectivity index (χ1) is 8.29. The van der Waals surface area contributed by atoms with Gasteiger partial charge in [-0.25, -0.2) is 0 Å². The average Bonchev–Trinajstić information content (AvgIpc) is 2.38. The third kappa shape index (κ3) is 1.85. The molecular formula is C15H22N2. The SMILES string of the molecule is CCc1ccc2c(c1)C1CNCCC1CN2C. The Hall–Kier alpha value is -1.02. The van der Waals surface area contributed by atoms with Crippen molar-refractivity contribution >= 4 is 5.69 Å². The molecule has 2 heterocycles. The van der Waals surface area contributed by atoms with Crippen LogP contribution in [0.15, 0.2) is 18.2 Å². The molecule has 2 heteroatoms. The Balaban J connectivity index is 2.03. The quantitative estimate of drug-likeness (QED) is 0.797. The molecule has 1 aromatic carbocycles. The zero-order chi connectivity index (χ0) is 11.8. The first-order valence-electron chi connectivity index (χ1n) is 6.84. The number of piperidine rings is 1. The molecule has 0 bridgehead atoms. The molecule has 1 saturated heterocycles. The lowest BCUT2D eigenvalue weighted by Gasteiger charge is -2.42. The molecule has 17 heavy (non-hydrogen) atoms. The molecule has 1 N–H and O–H groups in total. The van der Waals surface area contributed by atoms with Crippen molar-refractivity contribution in [2.45, 2.75) is 25.7 Å². The van der Waals surface area contributed by atoms with Gasteiger partial charge in [0.05, 0.1) is 0 Å². The summed E-state index contributed by atoms with van der Waals surface area (Å²) in [7, 11) is 2.24. The number of rotatable bonds is 1. The highest BCUT2D eigenvalue weighted by Gasteiger charge is 2.33. The molecule has 0 radical (unpaired) electrons. The van der Waals surface area contributed by atoms with Gasteiger partial charge in [-0.15, -0.1) is 0 Å². The molecule has 1 fully saturated rings. The first kappa shape index (κ1) is 11.1. The second-order valence-electron chi connectivity index (χ2n) is 5.49. The van der Waals surface area contributed by atoms with Crippen LogP contribution in [0.2, 0.25) is 0 Å². The van der Waals surface area contributed by atoms with Crippen molar-refractivity contribution in [1.82, 2.24) is 5.32 Å². The normalized spacial score (nSPS) is 27.5. The lowest BCUT2D eigenvalue weighted by molar-refractivity contribution is 0.316. The van der Waals surface area contributed by atoms with Gasteiger partial charge in [0, 0.05) is 31.7 Å². The van der Waals surface area contributed by atoms with E-state index in [2.05, 4.69) is 42.4 Å². The number of nitrogens with one attached hydrogen (secondary N) is 1. The number of aryl methyl sites for hydroxylation is 1. The van der Waals surface area contributed by atoms with E-state index in [0.717, 1.165) is 18.3 Å². The van der Waals surface area contributed by atoms with Gasteiger partial charge in [0.2, 0.25) is 0 Å². The van der Waals surface area contributed by atoms with Crippen LogP contribution in [-0.4, -0.2) is 26.7 Å². The summed E-state index contributed by atoms with van der Waals surface area (Å²) in [6.07, 6.45) is 2.46. The number of hydrogen-bond acceptors (Lipinski definition) is 2. The van der Waals surface area contributed by atoms with E-state index in [0.29, 0.717) is 0 Å². The third-order valence-corrected chi connectivity index (χ3v) is 4.44. The second-order valence-corrected chi connectivity index (χ2v) is 5.49. The Morgan fingerprint density at radius 2 is 2.29 bits per heavy atom. The van der Waals surface area contributed by atoms with Gasteiger partial charge < -0.3 is 10.2 Å². The minimum absolute atomic E-state index is 0.737. The van der Waals surface area contributed by atoms with Crippen molar-refractivity contribution < 1.29 is 0 Å². The fourth-order valence-electron chi connectivity index (χ4n) is 3.41. The van der Waals surface area contributed by atoms with Crippen molar-refractivity contribution in [2.24, 2.45) is 5.92 Å². The number of anilines is 1. The summed E-state index contributed by atoms with van der Waals surface area (Å²) in [5, 5.41) is 3.56. The van der Waals surface area contributed by atoms with E-state index in [1.165, 1.54) is 37.3 Å². The largest absolute Gasteiger partial charge is 0.374 e. The van der Waals surface area contributed by atoms with Crippen LogP contribution in [0.3, 0.4) is 0 Å². The average molecular weight is 230 g/mol. The molecule has 2 atom stereocenters. The molecule has 1 aromatic rings. The Labute approximate surface area is 104 Å². The topological polar surface area (TPSA) is 15.3 Å². The zero-order valence-electron chi connectivity index (χ0n) is 10.9. The van der Waals surface area contributed by atoms with Gasteiger partial charge in [0.1, 0.15) is 0 Å². The molecule has 0 amide bonds. The predicted molar refractivity (Wildman–Crippen MR) is 72.8 cm³/mol. The Morgan fingerprint density at radius 1 is 1.41 bits per heavy atom. The molecule has 3 rings (SSSR count). The fourth-order valence-corrected chi connectivity index (χ4v) is 3.41. The van der Waals surface area contributed by atoms with Crippen LogP contribution in [0, 0.1) is 5.92 Å². The van der Waals surface area contributed by atoms with Crippen molar-refractivity contribution in [3.8, 4) is 0 Å². The van der Waals surface area contributed by atoms with Gasteiger partial charge in [-0.2, -0.15) is 0 Å². The van der Waals surface area contributed by atoms with Crippen molar-refractivity contribution in [1.29, 1.82) is 0 Å². The summed E-state index contributed by atoms with van der Waals surface area (Å²) >= 11 is 0. The van der Waals surface area contributed by atoms with E-state index in [1.807, 2.05) is 0 Å². The van der Waals surface area contributed by atoms with Crippen LogP contribution in [0.1, 0.15) is 30.4 Å². The number of benzene rings is 1. The van der Waals surface area contributed by atoms with Gasteiger partial charge >= 0.3 is 0 Å². The number of nitrogens with zero attached hydrogens (tertiary/aromatic N) is 1. The maximum atomic E-state index is 3.56. The highest BCUT2D eigenvalue weighted by Crippen LogP contribution is 2.40. The molecule has 2 nitrogen and oxygen atoms in total. The minimum Gasteiger partial charge on any atom is -0.374 e. The highest BCUT2D eigenvalue weighted by atomic mass is 15.1. The predicted octanol–water partition coefficient (Wildman–Crippen LogP) is 2.39. The van der Waals surface area contributed by atoms with Gasteiger partial charge in [-0.05, 0) is 42.5 Å². The molecule has 2 unspecified atom stereocenters. The Morgan fingerprint density at radius 3 is 3.12 bits per heavy atom. The second kappa shape index (κ2) is 4.34. The molecule has 0 spiro atoms. The number of fused-ring (bicyclic) bond motifs is 3. The fraction of sp³-hybridized carbons (Fsp3) is 0.600. The summed E-state index contributed by atoms with van der Waals surface area (Å²) in [5.74, 6) is 1.59. The highest BCUT2D eigenvalue weighted by molar-refractivity contribution is 5.58. The van der Waals surface area contributed by atoms with Crippen molar-refractivity contribution in [2.75, 3.05) is 31.6 Å². The van der Waals surface area contributed by atoms with E-state index in [4.69, 9.17) is 0 Å². The van der Waals surface area contributed by atoms with Crippen LogP contribution in [0.5, 0.6) is 0 Å². The van der Waals surface area contributed by atoms with Gasteiger partial charge in [-0.1, -0.05) is 19.1 Å². The van der Waals surface area contributed by atoms with Crippen molar-refractivity contribution in [3.05, 3.63) is 29.3 Å². The Bertz CT molecular complexity index is 413. The van der Waals surface area contributed by atoms with E-state index in [1.54, 1.807) is 5.56 Å². The van der Waals surface area contributed by atoms with Crippen LogP contribution in [0.25, 0.3) is 0 Å². The van der Waals surface area contributed by atoms with E-state index in [-0.39, 0.29) is 0 Å². The van der Waals surface area contributed by atoms with Crippen LogP contribution in [-0.2, 0) is 6.42 Å². The molecule has 0 aliphatic carbocycles. The lowest BCUT2D eigenvalue weighted by Crippen LogP contribution is -2.44. The standard InChI is InChI=1S/C15H22N2/c1-3-11-4-5-15-13(8-11)14-9-16-7-6-12(14)10-17(15)2/h4-5,8,12,14,16H,3,6-7,9-10H2,1-2H3. The maximum Gasteiger partial charge on any atom is 0.0399 e. The van der Waals surface area contributed by atoms with Crippen molar-refractivity contribution in [3.63, 3.8) is 0 Å². The molecular weight excluding hydrogens is 208 g/mol. The molecule has 2 aliphatic rings. The van der Waals surface area contributed by atoms with Gasteiger partial charge in [0.15, 0.2) is 0 Å². The first-order valence-corrected chi connectivity index (χ1v) is 6.84. The van der Waals surface area contributed by atoms with E-state index >= 15 is 0 Å². The summed E-state index contributed by atoms with van der Waals surface area (Å²) in [6, 6.07) is 7.04. The van der Waals surface area contributed by atoms with Gasteiger partial charge in [-0.3, -0.25) is 0 Å². The lowest BCUT2D eigenvalue weighted by atomic mass is 9.77. The maximum absolute atomic E-state index is 3.56. The zero-order valence-corrected chi connectivity index (χ0v) is 10.9. The summed E-state index contributed by atoms with van der Waals surface area (Å²) in [6.45, 7) is 5.83. The number of hydrogen-bond donors (Lipinski definition) is 1. The monoisotopic (exact) mass is 230 g/mol. The van der Waals surface area contributed by atoms with E-state index < -0.39 is 0 Å². The minimum atomic E-state index is 0.737. The third-order valence-electron chi connectivity index (χ3n) is 4.44. The smallest absolute Gasteiger partial charge is 0.0399 e. The molecule has 0 saturated carbocycles. The summed E-state index contributed by atoms with van der Waals surface area (Å²) in [5.41, 5.74) is 4.51. The van der Waals surface area contributed by atoms with Crippen LogP contribution < -0.4 is 10.2 Å². The van der Waals surface area contributed by atoms with E-state index in [9.17, 15) is 0 Å². The van der Waals surface area contributed by atoms with Gasteiger partial charge in [0.25, 0.3) is 0 Å². The summed E-state index contributed by atoms with van der Waals surface area (Å²) < 4.78 is 0. The van der Waals surface area contributed by atoms with Crippen LogP contribution >= 0.6 is 0 Å². The summed E-state index contributed by atoms with van der Waals surface area (Å²) in [4.78, 5) is 2.45. The molecule has 92 valence electrons. The molecule has 2 aliphatic heterocycles. The van der Waals surface area contributed by atoms with Crippen LogP contribution in [0.4, 0.5) is 5.69 Å². The molecule has 0 aromatic heterocycles. The Kier molecular flexibility index (Phi) is 2.83.